The molecule has 0 bridgehead atoms. The summed E-state index contributed by atoms with van der Waals surface area (Å²) in [6.07, 6.45) is 0. The molecule has 0 aromatic carbocycles. The van der Waals surface area contributed by atoms with Crippen LogP contribution < -0.4 is 0 Å². The lowest BCUT2D eigenvalue weighted by Gasteiger charge is -1.97. The molecular weight excluding hydrogens is 116 g/mol. The van der Waals surface area contributed by atoms with E-state index in [1.807, 2.05) is 0 Å². The maximum absolute atomic E-state index is 10.3. The molecule has 0 spiro atoms. The molecule has 0 aliphatic rings. The Morgan fingerprint density at radius 3 is 1.88 bits per heavy atom. The van der Waals surface area contributed by atoms with E-state index in [2.05, 4.69) is 4.74 Å². The van der Waals surface area contributed by atoms with Gasteiger partial charge in [-0.05, 0) is 0 Å². The van der Waals surface area contributed by atoms with Crippen molar-refractivity contribution < 1.29 is 9.53 Å². The zero-order valence-corrected chi connectivity index (χ0v) is 4.89. The molecule has 0 amide bonds. The van der Waals surface area contributed by atoms with Crippen molar-refractivity contribution in [3.05, 3.63) is 0 Å². The van der Waals surface area contributed by atoms with Crippen molar-refractivity contribution in [3.8, 4) is 0 Å². The van der Waals surface area contributed by atoms with Crippen LogP contribution in [0.5, 0.6) is 0 Å². The lowest BCUT2D eigenvalue weighted by atomic mass is 10.2. The summed E-state index contributed by atoms with van der Waals surface area (Å²) < 4.78 is 4.37. The maximum Gasteiger partial charge on any atom is 0.316 e. The number of hydrogen-bond donors (Lipinski definition) is 0. The van der Waals surface area contributed by atoms with Gasteiger partial charge in [0.2, 0.25) is 0 Å². The van der Waals surface area contributed by atoms with E-state index in [0.717, 1.165) is 0 Å². The second-order valence-electron chi connectivity index (χ2n) is 1.68. The van der Waals surface area contributed by atoms with E-state index in [1.54, 1.807) is 13.8 Å². The first kappa shape index (κ1) is 11.1. The molecular formula is C5H12MgO2. The third-order valence-electron chi connectivity index (χ3n) is 0.673. The van der Waals surface area contributed by atoms with Crippen LogP contribution in [0.25, 0.3) is 0 Å². The predicted octanol–water partition coefficient (Wildman–Crippen LogP) is -0.101. The Hall–Kier alpha value is 0.236. The van der Waals surface area contributed by atoms with Crippen LogP contribution >= 0.6 is 0 Å². The van der Waals surface area contributed by atoms with Crippen LogP contribution in [-0.4, -0.2) is 36.1 Å². The van der Waals surface area contributed by atoms with E-state index in [4.69, 9.17) is 0 Å². The highest BCUT2D eigenvalue weighted by atomic mass is 24.3. The molecule has 0 atom stereocenters. The zero-order chi connectivity index (χ0) is 5.86. The predicted molar refractivity (Wildman–Crippen MR) is 35.4 cm³/mol. The van der Waals surface area contributed by atoms with Gasteiger partial charge in [-0.25, -0.2) is 0 Å². The zero-order valence-electron chi connectivity index (χ0n) is 4.89. The molecule has 0 radical (unpaired) electrons. The number of carbonyl (C=O) groups is 1. The topological polar surface area (TPSA) is 26.3 Å². The van der Waals surface area contributed by atoms with Crippen LogP contribution in [0.2, 0.25) is 0 Å². The number of carbonyl (C=O) groups excluding carboxylic acids is 1. The Morgan fingerprint density at radius 1 is 1.50 bits per heavy atom. The molecule has 2 nitrogen and oxygen atoms in total. The summed E-state index contributed by atoms with van der Waals surface area (Å²) in [5, 5.41) is 0. The first-order valence-electron chi connectivity index (χ1n) is 2.26. The number of hydrogen-bond acceptors (Lipinski definition) is 2. The van der Waals surface area contributed by atoms with E-state index < -0.39 is 0 Å². The summed E-state index contributed by atoms with van der Waals surface area (Å²) in [4.78, 5) is 10.3. The highest BCUT2D eigenvalue weighted by Crippen LogP contribution is 1.91. The smallest absolute Gasteiger partial charge is 0.316 e. The Morgan fingerprint density at radius 2 is 1.88 bits per heavy atom. The standard InChI is InChI=1S/C5H10O2.Mg.2H/c1-4(2)5(6)7-3;;;/h4H,1-3H3;;;. The Kier molecular flexibility index (Phi) is 7.45. The van der Waals surface area contributed by atoms with Gasteiger partial charge in [-0.1, -0.05) is 13.8 Å². The third kappa shape index (κ3) is 4.40. The second-order valence-corrected chi connectivity index (χ2v) is 1.68. The van der Waals surface area contributed by atoms with Gasteiger partial charge in [0.1, 0.15) is 0 Å². The van der Waals surface area contributed by atoms with E-state index in [9.17, 15) is 4.79 Å². The minimum atomic E-state index is -0.153. The van der Waals surface area contributed by atoms with Crippen molar-refractivity contribution in [2.45, 2.75) is 13.8 Å². The summed E-state index contributed by atoms with van der Waals surface area (Å²) in [6.45, 7) is 3.59. The minimum absolute atomic E-state index is 0. The summed E-state index contributed by atoms with van der Waals surface area (Å²) in [7, 11) is 1.39. The van der Waals surface area contributed by atoms with Crippen LogP contribution in [0, 0.1) is 5.92 Å². The van der Waals surface area contributed by atoms with Crippen LogP contribution in [0.4, 0.5) is 0 Å². The molecule has 3 heteroatoms. The van der Waals surface area contributed by atoms with Crippen LogP contribution in [0.3, 0.4) is 0 Å². The number of rotatable bonds is 1. The van der Waals surface area contributed by atoms with Crippen LogP contribution in [-0.2, 0) is 9.53 Å². The van der Waals surface area contributed by atoms with Gasteiger partial charge in [0, 0.05) is 0 Å². The first-order chi connectivity index (χ1) is 3.18. The van der Waals surface area contributed by atoms with Gasteiger partial charge in [0.05, 0.1) is 13.0 Å². The summed E-state index contributed by atoms with van der Waals surface area (Å²) in [5.41, 5.74) is 0. The summed E-state index contributed by atoms with van der Waals surface area (Å²) >= 11 is 0. The van der Waals surface area contributed by atoms with Crippen molar-refractivity contribution in [2.24, 2.45) is 5.92 Å². The molecule has 0 unspecified atom stereocenters. The van der Waals surface area contributed by atoms with E-state index in [0.29, 0.717) is 0 Å². The van der Waals surface area contributed by atoms with Crippen LogP contribution in [0.15, 0.2) is 0 Å². The van der Waals surface area contributed by atoms with Gasteiger partial charge < -0.3 is 4.74 Å². The average Bonchev–Trinajstić information content (AvgIpc) is 1.65. The van der Waals surface area contributed by atoms with Gasteiger partial charge in [-0.2, -0.15) is 0 Å². The number of methoxy groups -OCH3 is 1. The molecule has 0 aromatic heterocycles. The lowest BCUT2D eigenvalue weighted by Crippen LogP contribution is -2.07. The lowest BCUT2D eigenvalue weighted by molar-refractivity contribution is -0.144. The van der Waals surface area contributed by atoms with Gasteiger partial charge >= 0.3 is 29.0 Å². The van der Waals surface area contributed by atoms with Gasteiger partial charge in [-0.3, -0.25) is 4.79 Å². The quantitative estimate of drug-likeness (QED) is 0.364. The fourth-order valence-electron chi connectivity index (χ4n) is 0.236. The van der Waals surface area contributed by atoms with Crippen molar-refractivity contribution in [1.82, 2.24) is 0 Å². The highest BCUT2D eigenvalue weighted by Gasteiger charge is 2.03. The summed E-state index contributed by atoms with van der Waals surface area (Å²) in [6, 6.07) is 0. The molecule has 0 aliphatic heterocycles. The summed E-state index contributed by atoms with van der Waals surface area (Å²) in [5.74, 6) is -0.148. The van der Waals surface area contributed by atoms with E-state index in [-0.39, 0.29) is 34.9 Å². The molecule has 0 aliphatic carbocycles. The SMILES string of the molecule is COC(=O)C(C)C.[MgH2]. The molecule has 8 heavy (non-hydrogen) atoms. The van der Waals surface area contributed by atoms with Crippen molar-refractivity contribution >= 4 is 29.0 Å². The molecule has 0 rings (SSSR count). The molecule has 46 valence electrons. The highest BCUT2D eigenvalue weighted by molar-refractivity contribution is 5.75. The molecule has 0 N–H and O–H groups in total. The maximum atomic E-state index is 10.3. The minimum Gasteiger partial charge on any atom is -0.469 e. The number of ether oxygens (including phenoxy) is 1. The second kappa shape index (κ2) is 5.37. The fourth-order valence-corrected chi connectivity index (χ4v) is 0.236. The Labute approximate surface area is 65.7 Å². The molecule has 0 fully saturated rings. The van der Waals surface area contributed by atoms with E-state index >= 15 is 0 Å². The van der Waals surface area contributed by atoms with Gasteiger partial charge in [0.25, 0.3) is 0 Å². The molecule has 0 saturated heterocycles. The van der Waals surface area contributed by atoms with Crippen molar-refractivity contribution in [2.75, 3.05) is 7.11 Å². The molecule has 0 heterocycles. The largest absolute Gasteiger partial charge is 0.469 e. The average molecular weight is 128 g/mol. The first-order valence-corrected chi connectivity index (χ1v) is 2.26. The Bertz CT molecular complexity index is 70.8. The Balaban J connectivity index is 0. The van der Waals surface area contributed by atoms with Crippen molar-refractivity contribution in [1.29, 1.82) is 0 Å². The molecule has 0 aromatic rings. The van der Waals surface area contributed by atoms with Crippen molar-refractivity contribution in [3.63, 3.8) is 0 Å². The fraction of sp³-hybridized carbons (Fsp3) is 0.800. The van der Waals surface area contributed by atoms with Gasteiger partial charge in [0.15, 0.2) is 0 Å². The third-order valence-corrected chi connectivity index (χ3v) is 0.673. The number of esters is 1. The van der Waals surface area contributed by atoms with Crippen LogP contribution in [0.1, 0.15) is 13.8 Å². The monoisotopic (exact) mass is 128 g/mol. The normalized spacial score (nSPS) is 8.00. The molecule has 0 saturated carbocycles. The van der Waals surface area contributed by atoms with Gasteiger partial charge in [-0.15, -0.1) is 0 Å². The van der Waals surface area contributed by atoms with E-state index in [1.165, 1.54) is 7.11 Å².